The van der Waals surface area contributed by atoms with Gasteiger partial charge in [-0.1, -0.05) is 12.1 Å². The molecule has 1 atom stereocenters. The molecule has 0 bridgehead atoms. The molecule has 1 unspecified atom stereocenters. The lowest BCUT2D eigenvalue weighted by molar-refractivity contribution is 0.676. The molecule has 0 aliphatic carbocycles. The number of aromatic nitrogens is 4. The Morgan fingerprint density at radius 2 is 2.14 bits per heavy atom. The number of hydrogen-bond donors (Lipinski definition) is 2. The molecule has 0 radical (unpaired) electrons. The van der Waals surface area contributed by atoms with Crippen LogP contribution in [-0.4, -0.2) is 25.8 Å². The van der Waals surface area contributed by atoms with Gasteiger partial charge in [-0.3, -0.25) is 4.68 Å². The zero-order valence-electron chi connectivity index (χ0n) is 12.4. The van der Waals surface area contributed by atoms with Gasteiger partial charge >= 0.3 is 0 Å². The topological polar surface area (TPSA) is 72.5 Å². The van der Waals surface area contributed by atoms with Crippen molar-refractivity contribution in [2.24, 2.45) is 12.8 Å². The van der Waals surface area contributed by atoms with Gasteiger partial charge < -0.3 is 10.7 Å². The largest absolute Gasteiger partial charge is 0.333 e. The molecule has 0 fully saturated rings. The SMILES string of the molecule is Cc1nn(C)c(Sc2nc3ccccc3[nH]2)c1CC(C)N. The first-order valence-electron chi connectivity index (χ1n) is 6.95. The number of H-pyrrole nitrogens is 1. The molecule has 2 heterocycles. The van der Waals surface area contributed by atoms with Crippen LogP contribution >= 0.6 is 11.8 Å². The summed E-state index contributed by atoms with van der Waals surface area (Å²) in [5.41, 5.74) is 10.2. The molecule has 0 saturated heterocycles. The molecule has 3 aromatic rings. The lowest BCUT2D eigenvalue weighted by atomic mass is 10.1. The molecule has 21 heavy (non-hydrogen) atoms. The Kier molecular flexibility index (Phi) is 3.73. The predicted octanol–water partition coefficient (Wildman–Crippen LogP) is 2.65. The molecule has 3 N–H and O–H groups in total. The molecule has 0 aliphatic heterocycles. The summed E-state index contributed by atoms with van der Waals surface area (Å²) in [6.45, 7) is 4.04. The van der Waals surface area contributed by atoms with Crippen molar-refractivity contribution >= 4 is 22.8 Å². The first-order valence-corrected chi connectivity index (χ1v) is 7.77. The highest BCUT2D eigenvalue weighted by molar-refractivity contribution is 7.99. The maximum absolute atomic E-state index is 5.96. The highest BCUT2D eigenvalue weighted by atomic mass is 32.2. The Bertz CT molecular complexity index is 739. The Morgan fingerprint density at radius 1 is 1.38 bits per heavy atom. The van der Waals surface area contributed by atoms with E-state index in [1.54, 1.807) is 11.8 Å². The normalized spacial score (nSPS) is 13.0. The summed E-state index contributed by atoms with van der Waals surface area (Å²) in [7, 11) is 1.96. The van der Waals surface area contributed by atoms with Gasteiger partial charge in [0.1, 0.15) is 5.03 Å². The third-order valence-electron chi connectivity index (χ3n) is 3.38. The van der Waals surface area contributed by atoms with Crippen molar-refractivity contribution < 1.29 is 0 Å². The van der Waals surface area contributed by atoms with Gasteiger partial charge in [0.05, 0.1) is 16.7 Å². The van der Waals surface area contributed by atoms with Crippen LogP contribution < -0.4 is 5.73 Å². The van der Waals surface area contributed by atoms with Gasteiger partial charge in [-0.2, -0.15) is 5.10 Å². The molecule has 0 spiro atoms. The minimum absolute atomic E-state index is 0.114. The van der Waals surface area contributed by atoms with Crippen molar-refractivity contribution in [3.63, 3.8) is 0 Å². The van der Waals surface area contributed by atoms with E-state index in [1.807, 2.05) is 49.8 Å². The molecule has 0 amide bonds. The van der Waals surface area contributed by atoms with E-state index in [4.69, 9.17) is 5.73 Å². The molecule has 1 aromatic carbocycles. The van der Waals surface area contributed by atoms with Crippen molar-refractivity contribution in [1.29, 1.82) is 0 Å². The van der Waals surface area contributed by atoms with E-state index >= 15 is 0 Å². The third-order valence-corrected chi connectivity index (χ3v) is 4.47. The van der Waals surface area contributed by atoms with E-state index in [0.717, 1.165) is 33.3 Å². The van der Waals surface area contributed by atoms with Gasteiger partial charge in [-0.05, 0) is 44.2 Å². The molecule has 3 rings (SSSR count). The molecule has 110 valence electrons. The number of fused-ring (bicyclic) bond motifs is 1. The second-order valence-corrected chi connectivity index (χ2v) is 6.31. The fourth-order valence-electron chi connectivity index (χ4n) is 2.43. The zero-order valence-corrected chi connectivity index (χ0v) is 13.2. The minimum atomic E-state index is 0.114. The summed E-state index contributed by atoms with van der Waals surface area (Å²) in [4.78, 5) is 7.95. The van der Waals surface area contributed by atoms with Crippen LogP contribution in [0.2, 0.25) is 0 Å². The number of nitrogens with zero attached hydrogens (tertiary/aromatic N) is 3. The fraction of sp³-hybridized carbons (Fsp3) is 0.333. The van der Waals surface area contributed by atoms with Crippen LogP contribution in [0.5, 0.6) is 0 Å². The number of aryl methyl sites for hydroxylation is 2. The molecule has 5 nitrogen and oxygen atoms in total. The van der Waals surface area contributed by atoms with Crippen LogP contribution in [0.1, 0.15) is 18.2 Å². The maximum atomic E-state index is 5.96. The van der Waals surface area contributed by atoms with Gasteiger partial charge in [-0.25, -0.2) is 4.98 Å². The number of nitrogens with two attached hydrogens (primary N) is 1. The average Bonchev–Trinajstić information content (AvgIpc) is 2.94. The number of imidazole rings is 1. The Labute approximate surface area is 127 Å². The van der Waals surface area contributed by atoms with Crippen LogP contribution in [-0.2, 0) is 13.5 Å². The Hall–Kier alpha value is -1.79. The van der Waals surface area contributed by atoms with Crippen molar-refractivity contribution in [3.8, 4) is 0 Å². The molecule has 6 heteroatoms. The number of para-hydroxylation sites is 2. The van der Waals surface area contributed by atoms with Crippen LogP contribution in [0.3, 0.4) is 0 Å². The standard InChI is InChI=1S/C15H19N5S/c1-9(16)8-11-10(2)19-20(3)14(11)21-15-17-12-6-4-5-7-13(12)18-15/h4-7,9H,8,16H2,1-3H3,(H,17,18). The number of aromatic amines is 1. The molecular formula is C15H19N5S. The predicted molar refractivity (Wildman–Crippen MR) is 85.5 cm³/mol. The molecule has 0 saturated carbocycles. The fourth-order valence-corrected chi connectivity index (χ4v) is 3.45. The van der Waals surface area contributed by atoms with Crippen LogP contribution in [0.25, 0.3) is 11.0 Å². The molecular weight excluding hydrogens is 282 g/mol. The van der Waals surface area contributed by atoms with Crippen molar-refractivity contribution in [2.75, 3.05) is 0 Å². The van der Waals surface area contributed by atoms with Gasteiger partial charge in [-0.15, -0.1) is 0 Å². The van der Waals surface area contributed by atoms with Crippen LogP contribution in [0, 0.1) is 6.92 Å². The molecule has 0 aliphatic rings. The lowest BCUT2D eigenvalue weighted by Crippen LogP contribution is -2.18. The maximum Gasteiger partial charge on any atom is 0.172 e. The molecule has 2 aromatic heterocycles. The number of nitrogens with one attached hydrogen (secondary N) is 1. The highest BCUT2D eigenvalue weighted by Crippen LogP contribution is 2.31. The van der Waals surface area contributed by atoms with E-state index in [9.17, 15) is 0 Å². The quantitative estimate of drug-likeness (QED) is 0.777. The number of benzene rings is 1. The monoisotopic (exact) mass is 301 g/mol. The number of rotatable bonds is 4. The highest BCUT2D eigenvalue weighted by Gasteiger charge is 2.17. The Morgan fingerprint density at radius 3 is 2.86 bits per heavy atom. The van der Waals surface area contributed by atoms with Crippen LogP contribution in [0.15, 0.2) is 34.4 Å². The second-order valence-electron chi connectivity index (χ2n) is 5.34. The number of hydrogen-bond acceptors (Lipinski definition) is 4. The lowest BCUT2D eigenvalue weighted by Gasteiger charge is -2.07. The van der Waals surface area contributed by atoms with Crippen molar-refractivity contribution in [2.45, 2.75) is 36.5 Å². The third kappa shape index (κ3) is 2.82. The van der Waals surface area contributed by atoms with Gasteiger partial charge in [0.15, 0.2) is 5.16 Å². The van der Waals surface area contributed by atoms with E-state index in [0.29, 0.717) is 0 Å². The van der Waals surface area contributed by atoms with Crippen LogP contribution in [0.4, 0.5) is 0 Å². The Balaban J connectivity index is 1.97. The summed E-state index contributed by atoms with van der Waals surface area (Å²) in [6.07, 6.45) is 0.822. The van der Waals surface area contributed by atoms with Crippen molar-refractivity contribution in [1.82, 2.24) is 19.7 Å². The van der Waals surface area contributed by atoms with E-state index in [-0.39, 0.29) is 6.04 Å². The summed E-state index contributed by atoms with van der Waals surface area (Å²) < 4.78 is 1.91. The van der Waals surface area contributed by atoms with Gasteiger partial charge in [0.25, 0.3) is 0 Å². The van der Waals surface area contributed by atoms with E-state index < -0.39 is 0 Å². The summed E-state index contributed by atoms with van der Waals surface area (Å²) >= 11 is 1.61. The minimum Gasteiger partial charge on any atom is -0.333 e. The van der Waals surface area contributed by atoms with Crippen molar-refractivity contribution in [3.05, 3.63) is 35.5 Å². The smallest absolute Gasteiger partial charge is 0.172 e. The second kappa shape index (κ2) is 5.54. The van der Waals surface area contributed by atoms with E-state index in [1.165, 1.54) is 5.56 Å². The average molecular weight is 301 g/mol. The summed E-state index contributed by atoms with van der Waals surface area (Å²) in [5.74, 6) is 0. The first-order chi connectivity index (χ1) is 10.0. The zero-order chi connectivity index (χ0) is 15.0. The van der Waals surface area contributed by atoms with Gasteiger partial charge in [0, 0.05) is 18.7 Å². The van der Waals surface area contributed by atoms with Gasteiger partial charge in [0.2, 0.25) is 0 Å². The summed E-state index contributed by atoms with van der Waals surface area (Å²) in [5, 5.41) is 6.49. The summed E-state index contributed by atoms with van der Waals surface area (Å²) in [6, 6.07) is 8.15. The first kappa shape index (κ1) is 14.2. The van der Waals surface area contributed by atoms with E-state index in [2.05, 4.69) is 15.1 Å².